The van der Waals surface area contributed by atoms with Crippen LogP contribution in [0.5, 0.6) is 0 Å². The van der Waals surface area contributed by atoms with Gasteiger partial charge in [0.15, 0.2) is 5.78 Å². The van der Waals surface area contributed by atoms with Crippen molar-refractivity contribution < 1.29 is 14.3 Å². The molecule has 0 unspecified atom stereocenters. The molecule has 1 saturated heterocycles. The van der Waals surface area contributed by atoms with Crippen molar-refractivity contribution >= 4 is 11.8 Å². The van der Waals surface area contributed by atoms with Crippen LogP contribution in [0.3, 0.4) is 0 Å². The van der Waals surface area contributed by atoms with Crippen LogP contribution < -0.4 is 0 Å². The number of esters is 1. The SMILES string of the molecule is C=C1C(=O)C=C[C@]2(C)CC[C@@H]3[C@H](OC(=O)[C@H]3C)[C@@H]12. The molecular formula is C15H18O3. The van der Waals surface area contributed by atoms with E-state index in [1.165, 1.54) is 0 Å². The fourth-order valence-electron chi connectivity index (χ4n) is 3.84. The van der Waals surface area contributed by atoms with E-state index in [1.54, 1.807) is 6.08 Å². The molecule has 0 spiro atoms. The van der Waals surface area contributed by atoms with Gasteiger partial charge in [0.1, 0.15) is 6.10 Å². The number of hydrogen-bond donors (Lipinski definition) is 0. The Kier molecular flexibility index (Phi) is 2.31. The van der Waals surface area contributed by atoms with Crippen molar-refractivity contribution in [2.75, 3.05) is 0 Å². The van der Waals surface area contributed by atoms with Gasteiger partial charge in [0, 0.05) is 11.8 Å². The molecule has 3 aliphatic rings. The van der Waals surface area contributed by atoms with Crippen molar-refractivity contribution in [2.24, 2.45) is 23.2 Å². The van der Waals surface area contributed by atoms with E-state index in [2.05, 4.69) is 13.5 Å². The smallest absolute Gasteiger partial charge is 0.309 e. The summed E-state index contributed by atoms with van der Waals surface area (Å²) in [6.45, 7) is 8.01. The molecule has 96 valence electrons. The molecule has 2 fully saturated rings. The van der Waals surface area contributed by atoms with E-state index in [1.807, 2.05) is 13.0 Å². The Morgan fingerprint density at radius 1 is 1.44 bits per heavy atom. The second kappa shape index (κ2) is 3.56. The van der Waals surface area contributed by atoms with Gasteiger partial charge in [-0.1, -0.05) is 26.5 Å². The molecule has 0 bridgehead atoms. The third-order valence-corrected chi connectivity index (χ3v) is 5.05. The minimum atomic E-state index is -0.160. The Morgan fingerprint density at radius 2 is 2.17 bits per heavy atom. The molecule has 3 nitrogen and oxygen atoms in total. The van der Waals surface area contributed by atoms with Gasteiger partial charge in [-0.2, -0.15) is 0 Å². The second-order valence-corrected chi connectivity index (χ2v) is 6.10. The molecule has 3 rings (SSSR count). The minimum absolute atomic E-state index is 0.0197. The molecule has 0 radical (unpaired) electrons. The van der Waals surface area contributed by atoms with E-state index < -0.39 is 0 Å². The Morgan fingerprint density at radius 3 is 2.89 bits per heavy atom. The highest BCUT2D eigenvalue weighted by atomic mass is 16.6. The lowest BCUT2D eigenvalue weighted by Gasteiger charge is -2.47. The summed E-state index contributed by atoms with van der Waals surface area (Å²) in [5.41, 5.74) is 0.521. The molecule has 0 N–H and O–H groups in total. The molecule has 0 aromatic carbocycles. The van der Waals surface area contributed by atoms with Gasteiger partial charge < -0.3 is 4.74 Å². The van der Waals surface area contributed by atoms with Crippen LogP contribution >= 0.6 is 0 Å². The zero-order valence-electron chi connectivity index (χ0n) is 10.8. The molecule has 0 amide bonds. The van der Waals surface area contributed by atoms with Crippen LogP contribution in [0.4, 0.5) is 0 Å². The maximum atomic E-state index is 11.8. The summed E-state index contributed by atoms with van der Waals surface area (Å²) in [6, 6.07) is 0. The van der Waals surface area contributed by atoms with Gasteiger partial charge in [-0.25, -0.2) is 0 Å². The molecule has 0 aromatic rings. The normalized spacial score (nSPS) is 46.7. The topological polar surface area (TPSA) is 43.4 Å². The molecule has 1 heterocycles. The van der Waals surface area contributed by atoms with Crippen molar-refractivity contribution in [1.29, 1.82) is 0 Å². The van der Waals surface area contributed by atoms with E-state index in [0.717, 1.165) is 12.8 Å². The van der Waals surface area contributed by atoms with Crippen LogP contribution in [0.2, 0.25) is 0 Å². The third kappa shape index (κ3) is 1.36. The molecular weight excluding hydrogens is 228 g/mol. The zero-order chi connectivity index (χ0) is 13.1. The van der Waals surface area contributed by atoms with Crippen LogP contribution in [0.25, 0.3) is 0 Å². The maximum absolute atomic E-state index is 11.8. The highest BCUT2D eigenvalue weighted by molar-refractivity contribution is 6.05. The van der Waals surface area contributed by atoms with Crippen molar-refractivity contribution in [3.63, 3.8) is 0 Å². The molecule has 1 aliphatic heterocycles. The minimum Gasteiger partial charge on any atom is -0.461 e. The van der Waals surface area contributed by atoms with Gasteiger partial charge in [-0.05, 0) is 29.9 Å². The molecule has 3 heteroatoms. The number of hydrogen-bond acceptors (Lipinski definition) is 3. The van der Waals surface area contributed by atoms with Crippen LogP contribution in [0.15, 0.2) is 24.3 Å². The van der Waals surface area contributed by atoms with Crippen molar-refractivity contribution in [1.82, 2.24) is 0 Å². The fourth-order valence-corrected chi connectivity index (χ4v) is 3.84. The van der Waals surface area contributed by atoms with Gasteiger partial charge in [0.2, 0.25) is 0 Å². The highest BCUT2D eigenvalue weighted by Crippen LogP contribution is 2.54. The molecule has 18 heavy (non-hydrogen) atoms. The summed E-state index contributed by atoms with van der Waals surface area (Å²) in [5, 5.41) is 0. The molecule has 0 aromatic heterocycles. The van der Waals surface area contributed by atoms with Gasteiger partial charge in [0.25, 0.3) is 0 Å². The number of rotatable bonds is 0. The number of ketones is 1. The predicted octanol–water partition coefficient (Wildman–Crippen LogP) is 2.28. The number of allylic oxidation sites excluding steroid dienone is 2. The summed E-state index contributed by atoms with van der Waals surface area (Å²) in [4.78, 5) is 23.6. The van der Waals surface area contributed by atoms with E-state index in [9.17, 15) is 9.59 Å². The summed E-state index contributed by atoms with van der Waals surface area (Å²) in [5.74, 6) is 0.0143. The van der Waals surface area contributed by atoms with Gasteiger partial charge >= 0.3 is 5.97 Å². The first kappa shape index (κ1) is 11.7. The lowest BCUT2D eigenvalue weighted by Crippen LogP contribution is -2.47. The summed E-state index contributed by atoms with van der Waals surface area (Å²) < 4.78 is 5.55. The largest absolute Gasteiger partial charge is 0.461 e. The van der Waals surface area contributed by atoms with Crippen molar-refractivity contribution in [2.45, 2.75) is 32.8 Å². The number of carbonyl (C=O) groups is 2. The maximum Gasteiger partial charge on any atom is 0.309 e. The average Bonchev–Trinajstić information content (AvgIpc) is 2.60. The quantitative estimate of drug-likeness (QED) is 0.486. The van der Waals surface area contributed by atoms with Gasteiger partial charge in [-0.3, -0.25) is 9.59 Å². The fraction of sp³-hybridized carbons (Fsp3) is 0.600. The van der Waals surface area contributed by atoms with E-state index in [0.29, 0.717) is 5.57 Å². The summed E-state index contributed by atoms with van der Waals surface area (Å²) >= 11 is 0. The van der Waals surface area contributed by atoms with E-state index >= 15 is 0 Å². The monoisotopic (exact) mass is 246 g/mol. The van der Waals surface area contributed by atoms with Crippen molar-refractivity contribution in [3.8, 4) is 0 Å². The number of ether oxygens (including phenoxy) is 1. The molecule has 2 aliphatic carbocycles. The predicted molar refractivity (Wildman–Crippen MR) is 66.7 cm³/mol. The lowest BCUT2D eigenvalue weighted by molar-refractivity contribution is -0.147. The highest BCUT2D eigenvalue weighted by Gasteiger charge is 2.56. The first-order valence-electron chi connectivity index (χ1n) is 6.57. The third-order valence-electron chi connectivity index (χ3n) is 5.05. The zero-order valence-corrected chi connectivity index (χ0v) is 10.8. The Hall–Kier alpha value is -1.38. The van der Waals surface area contributed by atoms with Crippen LogP contribution in [0, 0.1) is 23.2 Å². The summed E-state index contributed by atoms with van der Waals surface area (Å²) in [7, 11) is 0. The average molecular weight is 246 g/mol. The van der Waals surface area contributed by atoms with Gasteiger partial charge in [-0.15, -0.1) is 0 Å². The standard InChI is InChI=1S/C15H18O3/c1-8-10-4-6-15(3)7-5-11(16)9(2)12(15)13(10)18-14(8)17/h5,7-8,10,12-13H,2,4,6H2,1,3H3/t8-,10-,12+,13-,15-/m0/s1. The van der Waals surface area contributed by atoms with Crippen LogP contribution in [-0.2, 0) is 14.3 Å². The lowest BCUT2D eigenvalue weighted by atomic mass is 9.57. The number of carbonyl (C=O) groups excluding carboxylic acids is 2. The van der Waals surface area contributed by atoms with E-state index in [-0.39, 0.29) is 41.0 Å². The number of fused-ring (bicyclic) bond motifs is 3. The first-order valence-corrected chi connectivity index (χ1v) is 6.57. The Bertz CT molecular complexity index is 476. The van der Waals surface area contributed by atoms with Crippen molar-refractivity contribution in [3.05, 3.63) is 24.3 Å². The van der Waals surface area contributed by atoms with Crippen LogP contribution in [0.1, 0.15) is 26.7 Å². The van der Waals surface area contributed by atoms with Gasteiger partial charge in [0.05, 0.1) is 5.92 Å². The van der Waals surface area contributed by atoms with Crippen LogP contribution in [-0.4, -0.2) is 17.9 Å². The Balaban J connectivity index is 2.03. The Labute approximate surface area is 107 Å². The molecule has 1 saturated carbocycles. The second-order valence-electron chi connectivity index (χ2n) is 6.10. The van der Waals surface area contributed by atoms with E-state index in [4.69, 9.17) is 4.74 Å². The summed E-state index contributed by atoms with van der Waals surface area (Å²) in [6.07, 6.45) is 5.42. The first-order chi connectivity index (χ1) is 8.44. The molecule has 5 atom stereocenters.